The lowest BCUT2D eigenvalue weighted by atomic mass is 9.86. The molecule has 0 saturated carbocycles. The van der Waals surface area contributed by atoms with Gasteiger partial charge in [-0.1, -0.05) is 13.5 Å². The zero-order valence-electron chi connectivity index (χ0n) is 9.87. The van der Waals surface area contributed by atoms with Crippen molar-refractivity contribution in [2.45, 2.75) is 25.8 Å². The second-order valence-corrected chi connectivity index (χ2v) is 4.07. The van der Waals surface area contributed by atoms with Gasteiger partial charge in [0.15, 0.2) is 0 Å². The minimum absolute atomic E-state index is 0.0662. The van der Waals surface area contributed by atoms with Crippen molar-refractivity contribution in [1.29, 1.82) is 0 Å². The van der Waals surface area contributed by atoms with Crippen molar-refractivity contribution in [2.24, 2.45) is 0 Å². The fourth-order valence-corrected chi connectivity index (χ4v) is 1.83. The lowest BCUT2D eigenvalue weighted by Crippen LogP contribution is -2.71. The van der Waals surface area contributed by atoms with Gasteiger partial charge in [0.2, 0.25) is 11.3 Å². The Morgan fingerprint density at radius 3 is 2.07 bits per heavy atom. The van der Waals surface area contributed by atoms with Gasteiger partial charge >= 0.3 is 0 Å². The molecule has 4 heteroatoms. The third-order valence-corrected chi connectivity index (χ3v) is 3.27. The summed E-state index contributed by atoms with van der Waals surface area (Å²) in [7, 11) is 3.42. The van der Waals surface area contributed by atoms with E-state index in [1.807, 2.05) is 6.92 Å². The SMILES string of the molecule is C=CC(=O)C(CC)(C(=O)[O-])[N+](C)(C)CC. The minimum atomic E-state index is -1.52. The second kappa shape index (κ2) is 4.57. The van der Waals surface area contributed by atoms with E-state index in [4.69, 9.17) is 0 Å². The van der Waals surface area contributed by atoms with Crippen LogP contribution in [0.1, 0.15) is 20.3 Å². The van der Waals surface area contributed by atoms with E-state index in [-0.39, 0.29) is 10.9 Å². The van der Waals surface area contributed by atoms with E-state index >= 15 is 0 Å². The molecule has 0 N–H and O–H groups in total. The third kappa shape index (κ3) is 1.95. The number of likely N-dealkylation sites (N-methyl/N-ethyl adjacent to an activating group) is 1. The van der Waals surface area contributed by atoms with Crippen LogP contribution in [0.3, 0.4) is 0 Å². The summed E-state index contributed by atoms with van der Waals surface area (Å²) < 4.78 is 0.0662. The second-order valence-electron chi connectivity index (χ2n) is 4.07. The summed E-state index contributed by atoms with van der Waals surface area (Å²) in [5.74, 6) is -1.82. The Labute approximate surface area is 90.8 Å². The van der Waals surface area contributed by atoms with Crippen molar-refractivity contribution in [1.82, 2.24) is 0 Å². The van der Waals surface area contributed by atoms with Crippen LogP contribution in [0.15, 0.2) is 12.7 Å². The first-order chi connectivity index (χ1) is 6.80. The Kier molecular flexibility index (Phi) is 4.22. The molecule has 0 bridgehead atoms. The highest BCUT2D eigenvalue weighted by atomic mass is 16.4. The predicted octanol–water partition coefficient (Wildman–Crippen LogP) is -0.263. The highest BCUT2D eigenvalue weighted by Crippen LogP contribution is 2.26. The molecule has 0 saturated heterocycles. The van der Waals surface area contributed by atoms with Crippen molar-refractivity contribution in [3.05, 3.63) is 12.7 Å². The molecule has 0 amide bonds. The molecule has 0 radical (unpaired) electrons. The first-order valence-corrected chi connectivity index (χ1v) is 5.01. The summed E-state index contributed by atoms with van der Waals surface area (Å²) in [4.78, 5) is 23.0. The molecule has 0 rings (SSSR count). The quantitative estimate of drug-likeness (QED) is 0.347. The van der Waals surface area contributed by atoms with Crippen LogP contribution in [-0.4, -0.2) is 42.4 Å². The van der Waals surface area contributed by atoms with Gasteiger partial charge in [-0.15, -0.1) is 0 Å². The van der Waals surface area contributed by atoms with Gasteiger partial charge in [-0.25, -0.2) is 0 Å². The lowest BCUT2D eigenvalue weighted by Gasteiger charge is -2.46. The molecule has 0 spiro atoms. The molecule has 0 aromatic carbocycles. The number of ketones is 1. The summed E-state index contributed by atoms with van der Waals surface area (Å²) in [5, 5.41) is 11.3. The number of carboxylic acid groups (broad SMARTS) is 1. The van der Waals surface area contributed by atoms with Crippen LogP contribution >= 0.6 is 0 Å². The standard InChI is InChI=1S/C11H19NO3/c1-6-9(13)11(7-2,10(14)15)12(4,5)8-3/h6H,1,7-8H2,2-5H3. The van der Waals surface area contributed by atoms with Crippen molar-refractivity contribution < 1.29 is 19.2 Å². The van der Waals surface area contributed by atoms with Crippen LogP contribution in [0.25, 0.3) is 0 Å². The largest absolute Gasteiger partial charge is 0.543 e. The summed E-state index contributed by atoms with van der Waals surface area (Å²) in [6, 6.07) is 0. The third-order valence-electron chi connectivity index (χ3n) is 3.27. The lowest BCUT2D eigenvalue weighted by molar-refractivity contribution is -0.922. The van der Waals surface area contributed by atoms with E-state index in [0.29, 0.717) is 6.54 Å². The fraction of sp³-hybridized carbons (Fsp3) is 0.636. The van der Waals surface area contributed by atoms with E-state index in [9.17, 15) is 14.7 Å². The monoisotopic (exact) mass is 213 g/mol. The van der Waals surface area contributed by atoms with Crippen molar-refractivity contribution >= 4 is 11.8 Å². The van der Waals surface area contributed by atoms with Crippen LogP contribution < -0.4 is 5.11 Å². The van der Waals surface area contributed by atoms with E-state index < -0.39 is 17.3 Å². The number of quaternary nitrogens is 1. The molecule has 1 atom stereocenters. The molecule has 0 aliphatic carbocycles. The van der Waals surface area contributed by atoms with E-state index in [1.165, 1.54) is 0 Å². The van der Waals surface area contributed by atoms with Gasteiger partial charge < -0.3 is 14.4 Å². The van der Waals surface area contributed by atoms with Gasteiger partial charge in [0.1, 0.15) is 5.97 Å². The molecule has 15 heavy (non-hydrogen) atoms. The molecule has 0 aromatic rings. The Hall–Kier alpha value is -1.16. The number of aliphatic carboxylic acids is 1. The highest BCUT2D eigenvalue weighted by molar-refractivity contribution is 6.10. The Morgan fingerprint density at radius 1 is 1.40 bits per heavy atom. The average Bonchev–Trinajstić information content (AvgIpc) is 2.18. The zero-order valence-corrected chi connectivity index (χ0v) is 9.87. The van der Waals surface area contributed by atoms with Crippen molar-refractivity contribution in [3.8, 4) is 0 Å². The van der Waals surface area contributed by atoms with Gasteiger partial charge in [-0.05, 0) is 13.0 Å². The van der Waals surface area contributed by atoms with Crippen LogP contribution in [0.5, 0.6) is 0 Å². The summed E-state index contributed by atoms with van der Waals surface area (Å²) in [5.41, 5.74) is -1.52. The van der Waals surface area contributed by atoms with E-state index in [2.05, 4.69) is 6.58 Å². The molecule has 0 aromatic heterocycles. The van der Waals surface area contributed by atoms with Crippen LogP contribution in [-0.2, 0) is 9.59 Å². The maximum Gasteiger partial charge on any atom is 0.221 e. The van der Waals surface area contributed by atoms with Gasteiger partial charge in [0.25, 0.3) is 0 Å². The molecular weight excluding hydrogens is 194 g/mol. The number of nitrogens with zero attached hydrogens (tertiary/aromatic N) is 1. The summed E-state index contributed by atoms with van der Waals surface area (Å²) in [6.07, 6.45) is 1.26. The van der Waals surface area contributed by atoms with Gasteiger partial charge in [0.05, 0.1) is 20.6 Å². The predicted molar refractivity (Wildman–Crippen MR) is 55.9 cm³/mol. The number of carbonyl (C=O) groups excluding carboxylic acids is 2. The normalized spacial score (nSPS) is 15.5. The van der Waals surface area contributed by atoms with Crippen LogP contribution in [0.2, 0.25) is 0 Å². The maximum absolute atomic E-state index is 11.8. The number of carbonyl (C=O) groups is 2. The molecule has 0 heterocycles. The number of hydrogen-bond donors (Lipinski definition) is 0. The minimum Gasteiger partial charge on any atom is -0.543 e. The van der Waals surface area contributed by atoms with E-state index in [1.54, 1.807) is 21.0 Å². The molecular formula is C11H19NO3. The van der Waals surface area contributed by atoms with Crippen LogP contribution in [0, 0.1) is 0 Å². The summed E-state index contributed by atoms with van der Waals surface area (Å²) in [6.45, 7) is 7.39. The molecule has 1 unspecified atom stereocenters. The maximum atomic E-state index is 11.8. The van der Waals surface area contributed by atoms with Gasteiger partial charge in [-0.2, -0.15) is 0 Å². The number of carboxylic acids is 1. The van der Waals surface area contributed by atoms with Crippen molar-refractivity contribution in [2.75, 3.05) is 20.6 Å². The Morgan fingerprint density at radius 2 is 1.87 bits per heavy atom. The van der Waals surface area contributed by atoms with Crippen molar-refractivity contribution in [3.63, 3.8) is 0 Å². The van der Waals surface area contributed by atoms with Gasteiger partial charge in [-0.3, -0.25) is 4.79 Å². The average molecular weight is 213 g/mol. The Balaban J connectivity index is 5.65. The summed E-state index contributed by atoms with van der Waals surface area (Å²) >= 11 is 0. The first-order valence-electron chi connectivity index (χ1n) is 5.01. The molecule has 0 aliphatic rings. The van der Waals surface area contributed by atoms with E-state index in [0.717, 1.165) is 6.08 Å². The molecule has 86 valence electrons. The first kappa shape index (κ1) is 13.8. The number of hydrogen-bond acceptors (Lipinski definition) is 3. The molecule has 0 fully saturated rings. The van der Waals surface area contributed by atoms with Gasteiger partial charge in [0, 0.05) is 6.42 Å². The molecule has 0 aliphatic heterocycles. The van der Waals surface area contributed by atoms with Crippen LogP contribution in [0.4, 0.5) is 0 Å². The highest BCUT2D eigenvalue weighted by Gasteiger charge is 2.50. The zero-order chi connectivity index (χ0) is 12.3. The Bertz CT molecular complexity index is 284. The smallest absolute Gasteiger partial charge is 0.221 e. The topological polar surface area (TPSA) is 57.2 Å². The number of rotatable bonds is 6. The fourth-order valence-electron chi connectivity index (χ4n) is 1.83. The molecule has 4 nitrogen and oxygen atoms in total.